The van der Waals surface area contributed by atoms with Crippen LogP contribution >= 0.6 is 0 Å². The maximum absolute atomic E-state index is 12.5. The zero-order chi connectivity index (χ0) is 25.5. The Labute approximate surface area is 210 Å². The first kappa shape index (κ1) is 27.9. The molecule has 0 radical (unpaired) electrons. The average molecular weight is 496 g/mol. The highest BCUT2D eigenvalue weighted by atomic mass is 16.6. The molecule has 0 aromatic rings. The van der Waals surface area contributed by atoms with E-state index in [0.29, 0.717) is 26.2 Å². The van der Waals surface area contributed by atoms with Crippen LogP contribution in [0.2, 0.25) is 0 Å². The molecule has 2 amide bonds. The summed E-state index contributed by atoms with van der Waals surface area (Å²) in [6.45, 7) is 8.64. The van der Waals surface area contributed by atoms with Crippen molar-refractivity contribution in [3.05, 3.63) is 11.6 Å². The van der Waals surface area contributed by atoms with E-state index in [0.717, 1.165) is 44.9 Å². The maximum atomic E-state index is 12.5. The van der Waals surface area contributed by atoms with Crippen molar-refractivity contribution in [3.63, 3.8) is 0 Å². The van der Waals surface area contributed by atoms with Crippen molar-refractivity contribution in [2.75, 3.05) is 40.4 Å². The van der Waals surface area contributed by atoms with Crippen LogP contribution in [0.4, 0.5) is 4.79 Å². The number of allylic oxidation sites excluding steroid dienone is 1. The minimum Gasteiger partial charge on any atom is -0.443 e. The first-order valence-electron chi connectivity index (χ1n) is 13.1. The molecule has 9 heteroatoms. The van der Waals surface area contributed by atoms with E-state index < -0.39 is 6.09 Å². The molecule has 200 valence electrons. The van der Waals surface area contributed by atoms with Crippen LogP contribution in [0, 0.1) is 5.92 Å². The van der Waals surface area contributed by atoms with Gasteiger partial charge in [0, 0.05) is 20.2 Å². The van der Waals surface area contributed by atoms with Gasteiger partial charge in [-0.05, 0) is 59.9 Å². The van der Waals surface area contributed by atoms with Crippen molar-refractivity contribution in [3.8, 4) is 0 Å². The zero-order valence-corrected chi connectivity index (χ0v) is 22.1. The molecule has 35 heavy (non-hydrogen) atoms. The number of amides is 2. The van der Waals surface area contributed by atoms with Crippen LogP contribution in [0.25, 0.3) is 0 Å². The summed E-state index contributed by atoms with van der Waals surface area (Å²) in [4.78, 5) is 23.9. The van der Waals surface area contributed by atoms with Gasteiger partial charge in [-0.25, -0.2) is 4.79 Å². The fraction of sp³-hybridized carbons (Fsp3) is 0.846. The lowest BCUT2D eigenvalue weighted by atomic mass is 9.68. The summed E-state index contributed by atoms with van der Waals surface area (Å²) < 4.78 is 24.0. The van der Waals surface area contributed by atoms with Crippen molar-refractivity contribution >= 4 is 12.0 Å². The number of hydrogen-bond donors (Lipinski definition) is 3. The molecule has 6 atom stereocenters. The summed E-state index contributed by atoms with van der Waals surface area (Å²) in [5.41, 5.74) is 0.716. The van der Waals surface area contributed by atoms with E-state index in [9.17, 15) is 9.59 Å². The molecule has 2 saturated heterocycles. The van der Waals surface area contributed by atoms with Crippen LogP contribution < -0.4 is 16.0 Å². The standard InChI is InChI=1S/C26H45N3O6/c1-18(2)10-11-20-25(3,35-20)23-22(32-5)19(12-13-26(23)17-33-26)34-24(31)29-15-9-7-6-8-14-28-21(30)16-27-4/h10,19-20,22-23,27H,6-9,11-17H2,1-5H3,(H,28,30)(H,29,31)/t19?,20-,22?,23?,25-,26+/m1/s1. The Morgan fingerprint density at radius 2 is 1.80 bits per heavy atom. The number of alkyl carbamates (subject to hydrolysis) is 1. The van der Waals surface area contributed by atoms with Crippen molar-refractivity contribution < 1.29 is 28.5 Å². The molecule has 3 rings (SSSR count). The number of ether oxygens (including phenoxy) is 4. The smallest absolute Gasteiger partial charge is 0.407 e. The number of carbonyl (C=O) groups is 2. The molecular formula is C26H45N3O6. The van der Waals surface area contributed by atoms with Gasteiger partial charge in [-0.15, -0.1) is 0 Å². The molecule has 2 heterocycles. The van der Waals surface area contributed by atoms with Crippen molar-refractivity contribution in [2.24, 2.45) is 5.92 Å². The number of carbonyl (C=O) groups excluding carboxylic acids is 2. The first-order chi connectivity index (χ1) is 16.8. The van der Waals surface area contributed by atoms with E-state index in [1.54, 1.807) is 14.2 Å². The predicted octanol–water partition coefficient (Wildman–Crippen LogP) is 2.69. The normalized spacial score (nSPS) is 33.2. The van der Waals surface area contributed by atoms with Gasteiger partial charge in [0.15, 0.2) is 0 Å². The van der Waals surface area contributed by atoms with Gasteiger partial charge in [0.25, 0.3) is 0 Å². The minimum atomic E-state index is -0.397. The van der Waals surface area contributed by atoms with Gasteiger partial charge in [0.2, 0.25) is 5.91 Å². The van der Waals surface area contributed by atoms with E-state index in [1.807, 2.05) is 0 Å². The van der Waals surface area contributed by atoms with Gasteiger partial charge in [0.05, 0.1) is 25.2 Å². The molecule has 3 N–H and O–H groups in total. The Morgan fingerprint density at radius 3 is 2.40 bits per heavy atom. The highest BCUT2D eigenvalue weighted by Gasteiger charge is 2.72. The third-order valence-electron chi connectivity index (χ3n) is 7.53. The van der Waals surface area contributed by atoms with Crippen LogP contribution in [0.3, 0.4) is 0 Å². The van der Waals surface area contributed by atoms with Crippen LogP contribution in [0.1, 0.15) is 65.7 Å². The second-order valence-corrected chi connectivity index (χ2v) is 10.5. The second kappa shape index (κ2) is 12.5. The lowest BCUT2D eigenvalue weighted by molar-refractivity contribution is -0.120. The molecular weight excluding hydrogens is 450 g/mol. The van der Waals surface area contributed by atoms with Gasteiger partial charge in [-0.1, -0.05) is 24.5 Å². The van der Waals surface area contributed by atoms with Gasteiger partial charge >= 0.3 is 6.09 Å². The molecule has 0 bridgehead atoms. The Balaban J connectivity index is 1.40. The molecule has 0 aromatic carbocycles. The summed E-state index contributed by atoms with van der Waals surface area (Å²) in [5.74, 6) is 0.0387. The Kier molecular flexibility index (Phi) is 9.98. The topological polar surface area (TPSA) is 114 Å². The molecule has 2 aliphatic heterocycles. The minimum absolute atomic E-state index is 0.0149. The number of methoxy groups -OCH3 is 1. The van der Waals surface area contributed by atoms with Crippen LogP contribution in [-0.4, -0.2) is 81.9 Å². The molecule has 3 aliphatic rings. The third kappa shape index (κ3) is 7.41. The van der Waals surface area contributed by atoms with Crippen molar-refractivity contribution in [1.29, 1.82) is 0 Å². The van der Waals surface area contributed by atoms with Crippen molar-refractivity contribution in [1.82, 2.24) is 16.0 Å². The number of rotatable bonds is 14. The van der Waals surface area contributed by atoms with E-state index in [2.05, 4.69) is 42.8 Å². The molecule has 0 aromatic heterocycles. The lowest BCUT2D eigenvalue weighted by Gasteiger charge is -2.42. The largest absolute Gasteiger partial charge is 0.443 e. The highest BCUT2D eigenvalue weighted by Crippen LogP contribution is 2.59. The van der Waals surface area contributed by atoms with E-state index in [4.69, 9.17) is 18.9 Å². The number of hydrogen-bond acceptors (Lipinski definition) is 7. The molecule has 1 spiro atoms. The number of nitrogens with one attached hydrogen (secondary N) is 3. The van der Waals surface area contributed by atoms with Crippen LogP contribution in [-0.2, 0) is 23.7 Å². The summed E-state index contributed by atoms with van der Waals surface area (Å²) in [7, 11) is 3.44. The monoisotopic (exact) mass is 495 g/mol. The molecule has 3 fully saturated rings. The fourth-order valence-corrected chi connectivity index (χ4v) is 5.49. The van der Waals surface area contributed by atoms with Gasteiger partial charge < -0.3 is 34.9 Å². The zero-order valence-electron chi connectivity index (χ0n) is 22.1. The Hall–Kier alpha value is -1.68. The molecule has 1 aliphatic carbocycles. The average Bonchev–Trinajstić information content (AvgIpc) is 3.72. The highest BCUT2D eigenvalue weighted by molar-refractivity contribution is 5.77. The van der Waals surface area contributed by atoms with E-state index in [1.165, 1.54) is 5.57 Å². The van der Waals surface area contributed by atoms with Gasteiger partial charge in [-0.3, -0.25) is 4.79 Å². The fourth-order valence-electron chi connectivity index (χ4n) is 5.49. The predicted molar refractivity (Wildman–Crippen MR) is 133 cm³/mol. The molecule has 9 nitrogen and oxygen atoms in total. The SMILES string of the molecule is CNCC(=O)NCCCCCCNC(=O)OC1CC[C@]2(CO2)C([C@]2(C)O[C@@H]2CC=C(C)C)C1OC. The van der Waals surface area contributed by atoms with Gasteiger partial charge in [-0.2, -0.15) is 0 Å². The molecule has 3 unspecified atom stereocenters. The van der Waals surface area contributed by atoms with Crippen LogP contribution in [0.15, 0.2) is 11.6 Å². The molecule has 1 saturated carbocycles. The van der Waals surface area contributed by atoms with Gasteiger partial charge in [0.1, 0.15) is 23.4 Å². The van der Waals surface area contributed by atoms with Crippen molar-refractivity contribution in [2.45, 2.75) is 95.2 Å². The third-order valence-corrected chi connectivity index (χ3v) is 7.53. The van der Waals surface area contributed by atoms with E-state index >= 15 is 0 Å². The van der Waals surface area contributed by atoms with Crippen LogP contribution in [0.5, 0.6) is 0 Å². The maximum Gasteiger partial charge on any atom is 0.407 e. The second-order valence-electron chi connectivity index (χ2n) is 10.5. The summed E-state index contributed by atoms with van der Waals surface area (Å²) in [6.07, 6.45) is 7.56. The summed E-state index contributed by atoms with van der Waals surface area (Å²) in [6, 6.07) is 0. The number of epoxide rings is 2. The first-order valence-corrected chi connectivity index (χ1v) is 13.1. The Bertz CT molecular complexity index is 751. The summed E-state index contributed by atoms with van der Waals surface area (Å²) in [5, 5.41) is 8.58. The summed E-state index contributed by atoms with van der Waals surface area (Å²) >= 11 is 0. The quantitative estimate of drug-likeness (QED) is 0.193. The number of likely N-dealkylation sites (N-methyl/N-ethyl adjacent to an activating group) is 1. The Morgan fingerprint density at radius 1 is 1.11 bits per heavy atom. The van der Waals surface area contributed by atoms with E-state index in [-0.39, 0.29) is 41.3 Å². The lowest BCUT2D eigenvalue weighted by Crippen LogP contribution is -2.56. The number of unbranched alkanes of at least 4 members (excludes halogenated alkanes) is 3.